The van der Waals surface area contributed by atoms with E-state index in [0.29, 0.717) is 29.8 Å². The number of carbonyl (C=O) groups is 2. The summed E-state index contributed by atoms with van der Waals surface area (Å²) in [5.41, 5.74) is 2.73. The quantitative estimate of drug-likeness (QED) is 0.289. The number of fused-ring (bicyclic) bond motifs is 2. The Morgan fingerprint density at radius 3 is 2.62 bits per heavy atom. The van der Waals surface area contributed by atoms with Crippen LogP contribution in [0.1, 0.15) is 67.7 Å². The summed E-state index contributed by atoms with van der Waals surface area (Å²) < 4.78 is 0. The van der Waals surface area contributed by atoms with Crippen LogP contribution in [0.2, 0.25) is 0 Å². The van der Waals surface area contributed by atoms with Crippen molar-refractivity contribution in [2.45, 2.75) is 70.1 Å². The first-order valence-electron chi connectivity index (χ1n) is 13.8. The molecule has 0 spiro atoms. The lowest BCUT2D eigenvalue weighted by Crippen LogP contribution is -2.46. The molecule has 4 atom stereocenters. The Labute approximate surface area is 231 Å². The maximum Gasteiger partial charge on any atom is 0.263 e. The minimum atomic E-state index is -0.959. The average molecular weight is 553 g/mol. The van der Waals surface area contributed by atoms with Gasteiger partial charge < -0.3 is 30.7 Å². The van der Waals surface area contributed by atoms with Crippen LogP contribution in [0.5, 0.6) is 0 Å². The van der Waals surface area contributed by atoms with Crippen molar-refractivity contribution in [1.29, 1.82) is 0 Å². The van der Waals surface area contributed by atoms with Gasteiger partial charge in [-0.2, -0.15) is 0 Å². The van der Waals surface area contributed by atoms with Gasteiger partial charge in [0.25, 0.3) is 11.8 Å². The third-order valence-corrected chi connectivity index (χ3v) is 9.36. The zero-order chi connectivity index (χ0) is 27.5. The van der Waals surface area contributed by atoms with Crippen molar-refractivity contribution in [2.75, 3.05) is 25.0 Å². The third-order valence-electron chi connectivity index (χ3n) is 8.26. The molecule has 5 N–H and O–H groups in total. The fourth-order valence-corrected chi connectivity index (χ4v) is 7.10. The van der Waals surface area contributed by atoms with Gasteiger partial charge in [-0.05, 0) is 64.4 Å². The Balaban J connectivity index is 1.29. The van der Waals surface area contributed by atoms with E-state index in [2.05, 4.69) is 20.6 Å². The number of H-pyrrole nitrogens is 1. The second-order valence-electron chi connectivity index (χ2n) is 12.0. The van der Waals surface area contributed by atoms with Gasteiger partial charge in [0.15, 0.2) is 0 Å². The molecule has 1 unspecified atom stereocenters. The highest BCUT2D eigenvalue weighted by Crippen LogP contribution is 2.47. The molecular weight excluding hydrogens is 516 g/mol. The van der Waals surface area contributed by atoms with Crippen LogP contribution in [0.4, 0.5) is 5.69 Å². The molecule has 1 aliphatic heterocycles. The van der Waals surface area contributed by atoms with Gasteiger partial charge in [-0.25, -0.2) is 9.97 Å². The second-order valence-corrected chi connectivity index (χ2v) is 13.0. The average Bonchev–Trinajstić information content (AvgIpc) is 3.24. The number of aliphatic hydroxyl groups is 2. The van der Waals surface area contributed by atoms with Crippen molar-refractivity contribution >= 4 is 39.9 Å². The molecule has 3 fully saturated rings. The van der Waals surface area contributed by atoms with Gasteiger partial charge in [0.05, 0.1) is 29.1 Å². The van der Waals surface area contributed by atoms with Crippen molar-refractivity contribution in [3.8, 4) is 10.6 Å². The van der Waals surface area contributed by atoms with E-state index in [1.807, 2.05) is 18.5 Å². The van der Waals surface area contributed by atoms with E-state index >= 15 is 0 Å². The topological polar surface area (TPSA) is 143 Å². The van der Waals surface area contributed by atoms with Crippen LogP contribution in [0.15, 0.2) is 18.5 Å². The number of hydrogen-bond donors (Lipinski definition) is 5. The van der Waals surface area contributed by atoms with Crippen molar-refractivity contribution in [3.63, 3.8) is 0 Å². The molecule has 10 nitrogen and oxygen atoms in total. The van der Waals surface area contributed by atoms with Crippen LogP contribution in [-0.2, 0) is 4.79 Å². The van der Waals surface area contributed by atoms with Crippen molar-refractivity contribution in [1.82, 2.24) is 25.2 Å². The standard InChI is InChI=1S/C28H36N6O4S/c1-14(36)27(38)34-11-16-8-18(9-17(16)12-34)31-22-19-6-7-29-24(19)30-10-20(22)26-32-21(15-4-5-15)23(39-26)25(37)33-28(2,3)13-35/h6-7,10,14-18,35-36H,4-5,8-9,11-13H2,1-3H3,(H,33,37)(H2,29,30,31)/t14-,16-,17+,18?/m0/s1. The molecule has 39 heavy (non-hydrogen) atoms. The fourth-order valence-electron chi connectivity index (χ4n) is 6.04. The largest absolute Gasteiger partial charge is 0.394 e. The molecule has 0 radical (unpaired) electrons. The molecular formula is C28H36N6O4S. The molecule has 2 aliphatic carbocycles. The first-order chi connectivity index (χ1) is 18.6. The van der Waals surface area contributed by atoms with E-state index in [1.54, 1.807) is 18.7 Å². The van der Waals surface area contributed by atoms with Gasteiger partial charge in [-0.1, -0.05) is 0 Å². The molecule has 3 aliphatic rings. The molecule has 2 saturated carbocycles. The number of carbonyl (C=O) groups excluding carboxylic acids is 2. The minimum absolute atomic E-state index is 0.153. The van der Waals surface area contributed by atoms with Crippen LogP contribution in [0, 0.1) is 11.8 Å². The molecule has 3 aromatic rings. The number of likely N-dealkylation sites (tertiary alicyclic amines) is 1. The van der Waals surface area contributed by atoms with E-state index in [0.717, 1.165) is 58.7 Å². The van der Waals surface area contributed by atoms with E-state index in [9.17, 15) is 19.8 Å². The van der Waals surface area contributed by atoms with Crippen molar-refractivity contribution in [2.24, 2.45) is 11.8 Å². The second kappa shape index (κ2) is 9.87. The number of amides is 2. The Hall–Kier alpha value is -3.02. The number of thiazole rings is 1. The van der Waals surface area contributed by atoms with Crippen LogP contribution < -0.4 is 10.6 Å². The van der Waals surface area contributed by atoms with E-state index < -0.39 is 11.6 Å². The maximum absolute atomic E-state index is 13.2. The first kappa shape index (κ1) is 26.2. The van der Waals surface area contributed by atoms with Crippen LogP contribution in [-0.4, -0.2) is 79.3 Å². The molecule has 0 aromatic carbocycles. The highest BCUT2D eigenvalue weighted by molar-refractivity contribution is 7.17. The molecule has 11 heteroatoms. The predicted octanol–water partition coefficient (Wildman–Crippen LogP) is 3.09. The summed E-state index contributed by atoms with van der Waals surface area (Å²) >= 11 is 1.38. The number of nitrogens with one attached hydrogen (secondary N) is 3. The van der Waals surface area contributed by atoms with Gasteiger partial charge >= 0.3 is 0 Å². The van der Waals surface area contributed by atoms with Gasteiger partial charge in [0.2, 0.25) is 0 Å². The summed E-state index contributed by atoms with van der Waals surface area (Å²) in [5, 5.41) is 27.9. The number of nitrogens with zero attached hydrogens (tertiary/aromatic N) is 3. The number of hydrogen-bond acceptors (Lipinski definition) is 8. The van der Waals surface area contributed by atoms with Crippen molar-refractivity contribution in [3.05, 3.63) is 29.0 Å². The number of aromatic amines is 1. The SMILES string of the molecule is C[C@H](O)C(=O)N1C[C@H]2CC(Nc3c(-c4nc(C5CC5)c(C(=O)NC(C)(C)CO)s4)cnc4[nH]ccc34)C[C@H]2C1. The summed E-state index contributed by atoms with van der Waals surface area (Å²) in [7, 11) is 0. The minimum Gasteiger partial charge on any atom is -0.394 e. The molecule has 2 amide bonds. The van der Waals surface area contributed by atoms with E-state index in [1.165, 1.54) is 18.3 Å². The number of pyridine rings is 1. The summed E-state index contributed by atoms with van der Waals surface area (Å²) in [6, 6.07) is 2.25. The normalized spacial score (nSPS) is 23.7. The maximum atomic E-state index is 13.2. The van der Waals surface area contributed by atoms with Crippen LogP contribution >= 0.6 is 11.3 Å². The van der Waals surface area contributed by atoms with Crippen LogP contribution in [0.3, 0.4) is 0 Å². The summed E-state index contributed by atoms with van der Waals surface area (Å²) in [5.74, 6) is 0.712. The number of anilines is 1. The number of aromatic nitrogens is 3. The van der Waals surface area contributed by atoms with Gasteiger partial charge in [-0.15, -0.1) is 11.3 Å². The van der Waals surface area contributed by atoms with Gasteiger partial charge in [-0.3, -0.25) is 9.59 Å². The number of rotatable bonds is 8. The van der Waals surface area contributed by atoms with E-state index in [-0.39, 0.29) is 30.4 Å². The fraction of sp³-hybridized carbons (Fsp3) is 0.571. The molecule has 4 heterocycles. The lowest BCUT2D eigenvalue weighted by Gasteiger charge is -2.23. The molecule has 3 aromatic heterocycles. The third kappa shape index (κ3) is 5.03. The zero-order valence-corrected chi connectivity index (χ0v) is 23.3. The lowest BCUT2D eigenvalue weighted by molar-refractivity contribution is -0.138. The van der Waals surface area contributed by atoms with Crippen molar-refractivity contribution < 1.29 is 19.8 Å². The molecule has 208 valence electrons. The Bertz CT molecular complexity index is 1400. The highest BCUT2D eigenvalue weighted by atomic mass is 32.1. The van der Waals surface area contributed by atoms with E-state index in [4.69, 9.17) is 4.98 Å². The first-order valence-corrected chi connectivity index (χ1v) is 14.6. The molecule has 6 rings (SSSR count). The Kier molecular flexibility index (Phi) is 6.63. The zero-order valence-electron chi connectivity index (χ0n) is 22.5. The molecule has 0 bridgehead atoms. The number of aliphatic hydroxyl groups excluding tert-OH is 2. The summed E-state index contributed by atoms with van der Waals surface area (Å²) in [4.78, 5) is 40.8. The predicted molar refractivity (Wildman–Crippen MR) is 150 cm³/mol. The Morgan fingerprint density at radius 2 is 1.97 bits per heavy atom. The van der Waals surface area contributed by atoms with Gasteiger partial charge in [0.1, 0.15) is 21.6 Å². The smallest absolute Gasteiger partial charge is 0.263 e. The highest BCUT2D eigenvalue weighted by Gasteiger charge is 2.43. The Morgan fingerprint density at radius 1 is 1.26 bits per heavy atom. The summed E-state index contributed by atoms with van der Waals surface area (Å²) in [6.07, 6.45) is 6.67. The monoisotopic (exact) mass is 552 g/mol. The van der Waals surface area contributed by atoms with Crippen LogP contribution in [0.25, 0.3) is 21.6 Å². The lowest BCUT2D eigenvalue weighted by atomic mass is 10.0. The van der Waals surface area contributed by atoms with Gasteiger partial charge in [0, 0.05) is 42.8 Å². The molecule has 1 saturated heterocycles. The summed E-state index contributed by atoms with van der Waals surface area (Å²) in [6.45, 7) is 6.35.